The van der Waals surface area contributed by atoms with Crippen molar-refractivity contribution in [2.75, 3.05) is 0 Å². The van der Waals surface area contributed by atoms with E-state index < -0.39 is 0 Å². The van der Waals surface area contributed by atoms with Crippen LogP contribution >= 0.6 is 0 Å². The molecule has 0 saturated heterocycles. The SMILES string of the molecule is [C-]#[N+]c1ccccc1-c1cccc2c1oc1c(-c3cc(-c4cccnc4)cc(-c4cc(-c5cccnc5)cc(-c5cccnc5)c4)c3)cccc12. The smallest absolute Gasteiger partial charge is 0.195 e. The normalized spacial score (nSPS) is 11.1. The Morgan fingerprint density at radius 3 is 1.31 bits per heavy atom. The van der Waals surface area contributed by atoms with Crippen molar-refractivity contribution in [1.29, 1.82) is 0 Å². The van der Waals surface area contributed by atoms with Gasteiger partial charge in [0.25, 0.3) is 0 Å². The summed E-state index contributed by atoms with van der Waals surface area (Å²) in [5, 5.41) is 2.04. The second kappa shape index (κ2) is 12.7. The number of pyridine rings is 3. The molecule has 0 fully saturated rings. The lowest BCUT2D eigenvalue weighted by Gasteiger charge is -2.14. The topological polar surface area (TPSA) is 56.2 Å². The number of hydrogen-bond acceptors (Lipinski definition) is 4. The van der Waals surface area contributed by atoms with Gasteiger partial charge in [0.15, 0.2) is 5.69 Å². The summed E-state index contributed by atoms with van der Waals surface area (Å²) in [5.74, 6) is 0. The lowest BCUT2D eigenvalue weighted by Crippen LogP contribution is -1.90. The molecule has 9 aromatic rings. The van der Waals surface area contributed by atoms with Crippen LogP contribution in [0.5, 0.6) is 0 Å². The zero-order chi connectivity index (χ0) is 34.1. The molecule has 238 valence electrons. The minimum absolute atomic E-state index is 0.596. The van der Waals surface area contributed by atoms with E-state index in [-0.39, 0.29) is 0 Å². The highest BCUT2D eigenvalue weighted by atomic mass is 16.3. The molecule has 0 unspecified atom stereocenters. The molecule has 5 nitrogen and oxygen atoms in total. The molecule has 51 heavy (non-hydrogen) atoms. The maximum atomic E-state index is 7.79. The molecule has 0 radical (unpaired) electrons. The molecule has 0 N–H and O–H groups in total. The monoisotopic (exact) mass is 652 g/mol. The average molecular weight is 653 g/mol. The van der Waals surface area contributed by atoms with Crippen molar-refractivity contribution >= 4 is 27.6 Å². The number of aromatic nitrogens is 3. The molecule has 5 heteroatoms. The number of benzene rings is 5. The highest BCUT2D eigenvalue weighted by Gasteiger charge is 2.18. The van der Waals surface area contributed by atoms with Gasteiger partial charge in [0.1, 0.15) is 11.2 Å². The fourth-order valence-corrected chi connectivity index (χ4v) is 6.90. The summed E-state index contributed by atoms with van der Waals surface area (Å²) in [6.07, 6.45) is 11.1. The number of nitrogens with zero attached hydrogens (tertiary/aromatic N) is 4. The summed E-state index contributed by atoms with van der Waals surface area (Å²) in [6.45, 7) is 7.79. The number of hydrogen-bond donors (Lipinski definition) is 0. The van der Waals surface area contributed by atoms with Crippen LogP contribution in [0.4, 0.5) is 5.69 Å². The van der Waals surface area contributed by atoms with Gasteiger partial charge in [0, 0.05) is 75.8 Å². The second-order valence-electron chi connectivity index (χ2n) is 12.4. The highest BCUT2D eigenvalue weighted by molar-refractivity contribution is 6.13. The third-order valence-corrected chi connectivity index (χ3v) is 9.33. The van der Waals surface area contributed by atoms with Gasteiger partial charge in [-0.3, -0.25) is 15.0 Å². The summed E-state index contributed by atoms with van der Waals surface area (Å²) >= 11 is 0. The Hall–Kier alpha value is -7.16. The number of rotatable bonds is 6. The van der Waals surface area contributed by atoms with Crippen molar-refractivity contribution in [3.8, 4) is 66.8 Å². The molecule has 0 aliphatic carbocycles. The number of fused-ring (bicyclic) bond motifs is 3. The minimum Gasteiger partial charge on any atom is -0.455 e. The average Bonchev–Trinajstić information content (AvgIpc) is 3.61. The Kier molecular flexibility index (Phi) is 7.46. The van der Waals surface area contributed by atoms with Crippen molar-refractivity contribution in [3.05, 3.63) is 182 Å². The van der Waals surface area contributed by atoms with Crippen LogP contribution in [0.3, 0.4) is 0 Å². The molecule has 5 aromatic carbocycles. The van der Waals surface area contributed by atoms with E-state index in [4.69, 9.17) is 11.0 Å². The summed E-state index contributed by atoms with van der Waals surface area (Å²) in [6, 6.07) is 45.7. The zero-order valence-electron chi connectivity index (χ0n) is 27.4. The van der Waals surface area contributed by atoms with Crippen LogP contribution < -0.4 is 0 Å². The molecule has 0 amide bonds. The summed E-state index contributed by atoms with van der Waals surface area (Å²) in [4.78, 5) is 17.1. The molecule has 0 aliphatic heterocycles. The molecule has 4 heterocycles. The Bertz CT molecular complexity index is 2690. The standard InChI is InChI=1S/C46H28N4O/c1-47-44-17-3-2-12-40(44)41-14-5-16-43-42-15-4-13-39(45(42)51-46(41)43)38-25-35(32-11-8-20-50-29-32)24-37(26-38)36-22-33(30-9-6-18-48-27-30)21-34(23-36)31-10-7-19-49-28-31/h2-29H. The number of para-hydroxylation sites is 3. The molecule has 0 saturated carbocycles. The van der Waals surface area contributed by atoms with E-state index >= 15 is 0 Å². The Labute approximate surface area is 295 Å². The largest absolute Gasteiger partial charge is 0.455 e. The van der Waals surface area contributed by atoms with Gasteiger partial charge in [-0.25, -0.2) is 4.85 Å². The van der Waals surface area contributed by atoms with E-state index in [0.29, 0.717) is 5.69 Å². The first-order valence-electron chi connectivity index (χ1n) is 16.7. The molecule has 0 bridgehead atoms. The van der Waals surface area contributed by atoms with Gasteiger partial charge in [-0.15, -0.1) is 0 Å². The molecule has 9 rings (SSSR count). The van der Waals surface area contributed by atoms with Crippen molar-refractivity contribution in [1.82, 2.24) is 15.0 Å². The van der Waals surface area contributed by atoms with Crippen LogP contribution in [0.25, 0.3) is 93.5 Å². The van der Waals surface area contributed by atoms with Crippen LogP contribution in [-0.2, 0) is 0 Å². The van der Waals surface area contributed by atoms with E-state index in [1.807, 2.05) is 73.2 Å². The van der Waals surface area contributed by atoms with Crippen molar-refractivity contribution in [2.45, 2.75) is 0 Å². The number of furan rings is 1. The van der Waals surface area contributed by atoms with Crippen LogP contribution in [0.15, 0.2) is 175 Å². The fraction of sp³-hybridized carbons (Fsp3) is 0. The first-order valence-corrected chi connectivity index (χ1v) is 16.7. The first-order chi connectivity index (χ1) is 25.2. The third-order valence-electron chi connectivity index (χ3n) is 9.33. The third kappa shape index (κ3) is 5.51. The lowest BCUT2D eigenvalue weighted by atomic mass is 9.90. The summed E-state index contributed by atoms with van der Waals surface area (Å²) in [5.41, 5.74) is 14.3. The van der Waals surface area contributed by atoms with Gasteiger partial charge in [-0.05, 0) is 93.5 Å². The predicted octanol–water partition coefficient (Wildman–Crippen LogP) is 12.3. The molecule has 0 aliphatic rings. The van der Waals surface area contributed by atoms with E-state index in [0.717, 1.165) is 88.7 Å². The van der Waals surface area contributed by atoms with Crippen LogP contribution in [0.2, 0.25) is 0 Å². The van der Waals surface area contributed by atoms with Gasteiger partial charge in [0.2, 0.25) is 0 Å². The van der Waals surface area contributed by atoms with Crippen molar-refractivity contribution in [3.63, 3.8) is 0 Å². The summed E-state index contributed by atoms with van der Waals surface area (Å²) < 4.78 is 6.84. The quantitative estimate of drug-likeness (QED) is 0.168. The van der Waals surface area contributed by atoms with E-state index in [1.54, 1.807) is 18.6 Å². The first kappa shape index (κ1) is 29.9. The zero-order valence-corrected chi connectivity index (χ0v) is 27.4. The van der Waals surface area contributed by atoms with Gasteiger partial charge in [-0.2, -0.15) is 0 Å². The maximum absolute atomic E-state index is 7.79. The Morgan fingerprint density at radius 1 is 0.392 bits per heavy atom. The lowest BCUT2D eigenvalue weighted by molar-refractivity contribution is 0.671. The molecule has 4 aromatic heterocycles. The second-order valence-corrected chi connectivity index (χ2v) is 12.4. The highest BCUT2D eigenvalue weighted by Crippen LogP contribution is 2.43. The molecule has 0 atom stereocenters. The molecular weight excluding hydrogens is 625 g/mol. The van der Waals surface area contributed by atoms with Crippen LogP contribution in [0, 0.1) is 6.57 Å². The van der Waals surface area contributed by atoms with Gasteiger partial charge in [0.05, 0.1) is 6.57 Å². The van der Waals surface area contributed by atoms with Crippen LogP contribution in [0.1, 0.15) is 0 Å². The molecule has 0 spiro atoms. The van der Waals surface area contributed by atoms with E-state index in [9.17, 15) is 0 Å². The van der Waals surface area contributed by atoms with Gasteiger partial charge < -0.3 is 4.42 Å². The predicted molar refractivity (Wildman–Crippen MR) is 206 cm³/mol. The molecular formula is C46H28N4O. The Balaban J connectivity index is 1.28. The Morgan fingerprint density at radius 2 is 0.824 bits per heavy atom. The van der Waals surface area contributed by atoms with Gasteiger partial charge in [-0.1, -0.05) is 78.9 Å². The maximum Gasteiger partial charge on any atom is 0.195 e. The van der Waals surface area contributed by atoms with Crippen molar-refractivity contribution < 1.29 is 4.42 Å². The van der Waals surface area contributed by atoms with E-state index in [2.05, 4.69) is 98.7 Å². The van der Waals surface area contributed by atoms with E-state index in [1.165, 1.54) is 0 Å². The van der Waals surface area contributed by atoms with Gasteiger partial charge >= 0.3 is 0 Å². The minimum atomic E-state index is 0.596. The van der Waals surface area contributed by atoms with Crippen molar-refractivity contribution in [2.24, 2.45) is 0 Å². The summed E-state index contributed by atoms with van der Waals surface area (Å²) in [7, 11) is 0. The fourth-order valence-electron chi connectivity index (χ4n) is 6.90. The van der Waals surface area contributed by atoms with Crippen LogP contribution in [-0.4, -0.2) is 15.0 Å².